The zero-order valence-corrected chi connectivity index (χ0v) is 7.64. The van der Waals surface area contributed by atoms with Crippen LogP contribution in [0.4, 0.5) is 39.5 Å². The van der Waals surface area contributed by atoms with Gasteiger partial charge in [-0.2, -0.15) is 41.2 Å². The largest absolute Gasteiger partial charge is 1.00 e. The standard InChI is InChI=1S/C6F9.Cu/c7-3(4(8)9)2(6(13,14)15)1-5(10,11)12;/q-1;+1. The molecule has 0 aliphatic carbocycles. The maximum atomic E-state index is 12.0. The minimum atomic E-state index is -5.90. The second-order valence-electron chi connectivity index (χ2n) is 2.07. The normalized spacial score (nSPS) is 13.2. The average molecular weight is 307 g/mol. The van der Waals surface area contributed by atoms with Crippen molar-refractivity contribution in [3.63, 3.8) is 0 Å². The molecule has 16 heavy (non-hydrogen) atoms. The molecule has 0 N–H and O–H groups in total. The molecular formula is C6CuF9. The zero-order valence-electron chi connectivity index (χ0n) is 6.70. The van der Waals surface area contributed by atoms with E-state index in [-0.39, 0.29) is 23.1 Å². The van der Waals surface area contributed by atoms with Crippen molar-refractivity contribution in [3.05, 3.63) is 23.6 Å². The fraction of sp³-hybridized carbons (Fsp3) is 0.333. The maximum absolute atomic E-state index is 12.0. The van der Waals surface area contributed by atoms with Gasteiger partial charge in [0.25, 0.3) is 0 Å². The van der Waals surface area contributed by atoms with Gasteiger partial charge >= 0.3 is 29.4 Å². The SMILES string of the molecule is FC(F)=C(F)C(=[C-]C(F)(F)F)C(F)(F)F.[Cu+]. The molecule has 0 aromatic heterocycles. The number of hydrogen-bond acceptors (Lipinski definition) is 0. The van der Waals surface area contributed by atoms with Gasteiger partial charge in [-0.15, -0.1) is 0 Å². The summed E-state index contributed by atoms with van der Waals surface area (Å²) in [5.74, 6) is -3.29. The summed E-state index contributed by atoms with van der Waals surface area (Å²) in [6, 6.07) is 0. The van der Waals surface area contributed by atoms with Crippen LogP contribution in [0.25, 0.3) is 0 Å². The average Bonchev–Trinajstić information content (AvgIpc) is 1.94. The van der Waals surface area contributed by atoms with E-state index in [0.717, 1.165) is 0 Å². The first kappa shape index (κ1) is 17.8. The number of hydrogen-bond donors (Lipinski definition) is 0. The van der Waals surface area contributed by atoms with E-state index in [9.17, 15) is 39.5 Å². The van der Waals surface area contributed by atoms with Crippen LogP contribution < -0.4 is 0 Å². The van der Waals surface area contributed by atoms with E-state index in [1.165, 1.54) is 0 Å². The summed E-state index contributed by atoms with van der Waals surface area (Å²) in [5, 5.41) is 0. The van der Waals surface area contributed by atoms with Gasteiger partial charge in [0.1, 0.15) is 0 Å². The van der Waals surface area contributed by atoms with Gasteiger partial charge in [0.15, 0.2) is 0 Å². The van der Waals surface area contributed by atoms with E-state index in [1.54, 1.807) is 0 Å². The van der Waals surface area contributed by atoms with E-state index >= 15 is 0 Å². The van der Waals surface area contributed by atoms with Crippen LogP contribution in [0.2, 0.25) is 0 Å². The van der Waals surface area contributed by atoms with Crippen molar-refractivity contribution in [1.82, 2.24) is 0 Å². The van der Waals surface area contributed by atoms with Crippen molar-refractivity contribution in [2.75, 3.05) is 0 Å². The van der Waals surface area contributed by atoms with Crippen LogP contribution in [0.1, 0.15) is 0 Å². The zero-order chi connectivity index (χ0) is 12.4. The van der Waals surface area contributed by atoms with Gasteiger partial charge in [0.05, 0.1) is 0 Å². The molecule has 0 amide bonds. The van der Waals surface area contributed by atoms with Crippen LogP contribution >= 0.6 is 0 Å². The second-order valence-corrected chi connectivity index (χ2v) is 2.07. The predicted octanol–water partition coefficient (Wildman–Crippen LogP) is 3.92. The molecule has 10 heteroatoms. The fourth-order valence-corrected chi connectivity index (χ4v) is 0.486. The molecule has 0 bridgehead atoms. The molecule has 0 atom stereocenters. The van der Waals surface area contributed by atoms with Gasteiger partial charge in [0, 0.05) is 5.83 Å². The number of halogens is 9. The third-order valence-electron chi connectivity index (χ3n) is 0.936. The summed E-state index contributed by atoms with van der Waals surface area (Å²) in [6.45, 7) is 0. The van der Waals surface area contributed by atoms with E-state index in [4.69, 9.17) is 0 Å². The van der Waals surface area contributed by atoms with Crippen molar-refractivity contribution >= 4 is 0 Å². The van der Waals surface area contributed by atoms with Crippen molar-refractivity contribution in [1.29, 1.82) is 0 Å². The van der Waals surface area contributed by atoms with Gasteiger partial charge in [-0.25, -0.2) is 0 Å². The van der Waals surface area contributed by atoms with Crippen molar-refractivity contribution in [3.8, 4) is 0 Å². The second kappa shape index (κ2) is 5.62. The molecule has 0 heterocycles. The molecule has 98 valence electrons. The third-order valence-corrected chi connectivity index (χ3v) is 0.936. The summed E-state index contributed by atoms with van der Waals surface area (Å²) in [7, 11) is 0. The van der Waals surface area contributed by atoms with Crippen LogP contribution in [0.3, 0.4) is 0 Å². The van der Waals surface area contributed by atoms with Gasteiger partial charge < -0.3 is 4.39 Å². The monoisotopic (exact) mass is 306 g/mol. The third kappa shape index (κ3) is 6.06. The van der Waals surface area contributed by atoms with Gasteiger partial charge in [0.2, 0.25) is 6.08 Å². The molecule has 0 spiro atoms. The Morgan fingerprint density at radius 2 is 1.19 bits per heavy atom. The van der Waals surface area contributed by atoms with E-state index in [2.05, 4.69) is 0 Å². The summed E-state index contributed by atoms with van der Waals surface area (Å²) in [6.07, 6.45) is -15.4. The fourth-order valence-electron chi connectivity index (χ4n) is 0.486. The van der Waals surface area contributed by atoms with Gasteiger partial charge in [-0.05, 0) is 0 Å². The molecule has 0 aliphatic rings. The molecule has 0 fully saturated rings. The Balaban J connectivity index is 0. The Labute approximate surface area is 93.3 Å². The first-order chi connectivity index (χ1) is 6.45. The smallest absolute Gasteiger partial charge is 0.314 e. The van der Waals surface area contributed by atoms with E-state index in [1.807, 2.05) is 0 Å². The molecule has 0 nitrogen and oxygen atoms in total. The molecule has 0 aromatic rings. The minimum absolute atomic E-state index is 0. The molecule has 0 radical (unpaired) electrons. The number of alkyl halides is 6. The predicted molar refractivity (Wildman–Crippen MR) is 29.2 cm³/mol. The summed E-state index contributed by atoms with van der Waals surface area (Å²) >= 11 is 0. The number of rotatable bonds is 1. The number of allylic oxidation sites excluding steroid dienone is 3. The van der Waals surface area contributed by atoms with Crippen molar-refractivity contribution in [2.45, 2.75) is 12.4 Å². The molecule has 0 unspecified atom stereocenters. The van der Waals surface area contributed by atoms with Crippen molar-refractivity contribution in [2.24, 2.45) is 0 Å². The van der Waals surface area contributed by atoms with Crippen LogP contribution in [0, 0.1) is 6.08 Å². The van der Waals surface area contributed by atoms with Crippen LogP contribution in [-0.4, -0.2) is 12.4 Å². The van der Waals surface area contributed by atoms with E-state index in [0.29, 0.717) is 0 Å². The van der Waals surface area contributed by atoms with Crippen LogP contribution in [0.15, 0.2) is 17.5 Å². The van der Waals surface area contributed by atoms with E-state index < -0.39 is 29.8 Å². The summed E-state index contributed by atoms with van der Waals surface area (Å²) in [4.78, 5) is 0. The Morgan fingerprint density at radius 1 is 0.812 bits per heavy atom. The molecule has 0 saturated carbocycles. The quantitative estimate of drug-likeness (QED) is 0.298. The van der Waals surface area contributed by atoms with Gasteiger partial charge in [-0.1, -0.05) is 5.57 Å². The Bertz CT molecular complexity index is 290. The maximum Gasteiger partial charge on any atom is 1.00 e. The topological polar surface area (TPSA) is 0 Å². The molecule has 0 rings (SSSR count). The molecule has 0 aromatic carbocycles. The van der Waals surface area contributed by atoms with Crippen LogP contribution in [0.5, 0.6) is 0 Å². The first-order valence-corrected chi connectivity index (χ1v) is 2.95. The summed E-state index contributed by atoms with van der Waals surface area (Å²) in [5.41, 5.74) is -3.19. The minimum Gasteiger partial charge on any atom is -0.314 e. The Kier molecular flexibility index (Phi) is 6.24. The van der Waals surface area contributed by atoms with Gasteiger partial charge in [-0.3, -0.25) is 0 Å². The Morgan fingerprint density at radius 3 is 1.38 bits per heavy atom. The Hall–Kier alpha value is -0.631. The first-order valence-electron chi connectivity index (χ1n) is 2.95. The van der Waals surface area contributed by atoms with Crippen LogP contribution in [-0.2, 0) is 17.1 Å². The summed E-state index contributed by atoms with van der Waals surface area (Å²) < 4.78 is 104. The van der Waals surface area contributed by atoms with Crippen molar-refractivity contribution < 1.29 is 56.6 Å². The molecule has 0 saturated heterocycles. The molecular weight excluding hydrogens is 307 g/mol. The molecule has 0 aliphatic heterocycles.